The van der Waals surface area contributed by atoms with Crippen LogP contribution in [0.15, 0.2) is 36.5 Å². The fourth-order valence-electron chi connectivity index (χ4n) is 2.95. The van der Waals surface area contributed by atoms with Crippen molar-refractivity contribution < 1.29 is 4.79 Å². The number of amides is 2. The van der Waals surface area contributed by atoms with Gasteiger partial charge in [-0.1, -0.05) is 37.3 Å². The van der Waals surface area contributed by atoms with Crippen molar-refractivity contribution >= 4 is 11.8 Å². The Morgan fingerprint density at radius 3 is 2.78 bits per heavy atom. The van der Waals surface area contributed by atoms with E-state index >= 15 is 0 Å². The van der Waals surface area contributed by atoms with Crippen LogP contribution < -0.4 is 11.1 Å². The predicted octanol–water partition coefficient (Wildman–Crippen LogP) is 2.29. The molecule has 1 fully saturated rings. The molecular weight excluding hydrogens is 290 g/mol. The molecule has 6 heteroatoms. The fourth-order valence-corrected chi connectivity index (χ4v) is 2.95. The zero-order chi connectivity index (χ0) is 16.4. The lowest BCUT2D eigenvalue weighted by Crippen LogP contribution is -2.37. The van der Waals surface area contributed by atoms with E-state index in [0.29, 0.717) is 18.9 Å². The third-order valence-corrected chi connectivity index (χ3v) is 4.48. The molecule has 1 aliphatic rings. The Hall–Kier alpha value is -2.34. The first-order chi connectivity index (χ1) is 11.0. The number of nitrogens with one attached hydrogen (secondary N) is 1. The van der Waals surface area contributed by atoms with Crippen LogP contribution in [0.3, 0.4) is 0 Å². The Labute approximate surface area is 136 Å². The van der Waals surface area contributed by atoms with E-state index in [-0.39, 0.29) is 11.4 Å². The Balaban J connectivity index is 1.78. The number of anilines is 1. The number of carbonyl (C=O) groups is 1. The molecule has 1 aromatic heterocycles. The molecule has 1 aromatic carbocycles. The van der Waals surface area contributed by atoms with Crippen LogP contribution in [0.1, 0.15) is 13.3 Å². The lowest BCUT2D eigenvalue weighted by atomic mass is 9.90. The van der Waals surface area contributed by atoms with Crippen molar-refractivity contribution in [2.75, 3.05) is 25.0 Å². The van der Waals surface area contributed by atoms with Gasteiger partial charge in [0.05, 0.1) is 0 Å². The number of nitrogens with zero attached hydrogens (tertiary/aromatic N) is 3. The average Bonchev–Trinajstić information content (AvgIpc) is 3.12. The number of aromatic nitrogens is 2. The van der Waals surface area contributed by atoms with E-state index in [1.807, 2.05) is 48.5 Å². The van der Waals surface area contributed by atoms with E-state index in [1.165, 1.54) is 0 Å². The number of carbonyl (C=O) groups excluding carboxylic acids is 1. The summed E-state index contributed by atoms with van der Waals surface area (Å²) in [5.41, 5.74) is 7.78. The lowest BCUT2D eigenvalue weighted by molar-refractivity contribution is 0.216. The number of nitrogens with two attached hydrogens (primary N) is 1. The Bertz CT molecular complexity index is 696. The van der Waals surface area contributed by atoms with E-state index in [9.17, 15) is 4.79 Å². The van der Waals surface area contributed by atoms with Crippen LogP contribution in [0.4, 0.5) is 10.6 Å². The van der Waals surface area contributed by atoms with Crippen molar-refractivity contribution in [3.05, 3.63) is 36.5 Å². The number of urea groups is 1. The first-order valence-corrected chi connectivity index (χ1v) is 7.86. The summed E-state index contributed by atoms with van der Waals surface area (Å²) in [6.07, 6.45) is 2.85. The van der Waals surface area contributed by atoms with E-state index in [2.05, 4.69) is 17.3 Å². The molecule has 0 aliphatic carbocycles. The second-order valence-corrected chi connectivity index (χ2v) is 6.55. The summed E-state index contributed by atoms with van der Waals surface area (Å²) in [5, 5.41) is 7.34. The van der Waals surface area contributed by atoms with Gasteiger partial charge in [-0.2, -0.15) is 5.10 Å². The van der Waals surface area contributed by atoms with Gasteiger partial charge in [0.1, 0.15) is 0 Å². The summed E-state index contributed by atoms with van der Waals surface area (Å²) in [7, 11) is 1.85. The van der Waals surface area contributed by atoms with Gasteiger partial charge in [-0.25, -0.2) is 4.79 Å². The molecule has 23 heavy (non-hydrogen) atoms. The SMILES string of the molecule is Cn1cc(-c2ccccc2)c(NC(=O)N2CCC(C)(CN)C2)n1. The first kappa shape index (κ1) is 15.6. The van der Waals surface area contributed by atoms with E-state index in [4.69, 9.17) is 5.73 Å². The van der Waals surface area contributed by atoms with Gasteiger partial charge in [-0.05, 0) is 23.9 Å². The molecule has 1 saturated heterocycles. The van der Waals surface area contributed by atoms with Crippen LogP contribution in [-0.2, 0) is 7.05 Å². The zero-order valence-corrected chi connectivity index (χ0v) is 13.6. The molecule has 0 saturated carbocycles. The van der Waals surface area contributed by atoms with Crippen molar-refractivity contribution in [1.29, 1.82) is 0 Å². The molecule has 0 bridgehead atoms. The first-order valence-electron chi connectivity index (χ1n) is 7.86. The van der Waals surface area contributed by atoms with E-state index in [1.54, 1.807) is 4.68 Å². The summed E-state index contributed by atoms with van der Waals surface area (Å²) >= 11 is 0. The molecule has 6 nitrogen and oxygen atoms in total. The number of rotatable bonds is 3. The molecule has 2 amide bonds. The minimum Gasteiger partial charge on any atom is -0.330 e. The maximum absolute atomic E-state index is 12.5. The molecule has 0 radical (unpaired) electrons. The topological polar surface area (TPSA) is 76.2 Å². The van der Waals surface area contributed by atoms with Crippen LogP contribution in [0.25, 0.3) is 11.1 Å². The quantitative estimate of drug-likeness (QED) is 0.913. The number of aryl methyl sites for hydroxylation is 1. The van der Waals surface area contributed by atoms with Crippen molar-refractivity contribution in [1.82, 2.24) is 14.7 Å². The van der Waals surface area contributed by atoms with Crippen molar-refractivity contribution in [3.8, 4) is 11.1 Å². The molecule has 3 N–H and O–H groups in total. The van der Waals surface area contributed by atoms with Gasteiger partial charge in [0.15, 0.2) is 5.82 Å². The van der Waals surface area contributed by atoms with Crippen molar-refractivity contribution in [3.63, 3.8) is 0 Å². The van der Waals surface area contributed by atoms with E-state index < -0.39 is 0 Å². The third kappa shape index (κ3) is 3.22. The number of hydrogen-bond donors (Lipinski definition) is 2. The summed E-state index contributed by atoms with van der Waals surface area (Å²) in [6.45, 7) is 4.13. The van der Waals surface area contributed by atoms with Crippen LogP contribution in [0, 0.1) is 5.41 Å². The minimum atomic E-state index is -0.113. The van der Waals surface area contributed by atoms with Gasteiger partial charge in [-0.3, -0.25) is 10.00 Å². The molecular formula is C17H23N5O. The highest BCUT2D eigenvalue weighted by atomic mass is 16.2. The Morgan fingerprint density at radius 1 is 1.39 bits per heavy atom. The monoisotopic (exact) mass is 313 g/mol. The molecule has 1 unspecified atom stereocenters. The number of benzene rings is 1. The highest BCUT2D eigenvalue weighted by Gasteiger charge is 2.35. The van der Waals surface area contributed by atoms with E-state index in [0.717, 1.165) is 24.1 Å². The van der Waals surface area contributed by atoms with Gasteiger partial charge in [-0.15, -0.1) is 0 Å². The third-order valence-electron chi connectivity index (χ3n) is 4.48. The van der Waals surface area contributed by atoms with Crippen molar-refractivity contribution in [2.45, 2.75) is 13.3 Å². The molecule has 2 aromatic rings. The van der Waals surface area contributed by atoms with Gasteiger partial charge in [0.25, 0.3) is 0 Å². The fraction of sp³-hybridized carbons (Fsp3) is 0.412. The van der Waals surface area contributed by atoms with Crippen LogP contribution >= 0.6 is 0 Å². The largest absolute Gasteiger partial charge is 0.330 e. The highest BCUT2D eigenvalue weighted by Crippen LogP contribution is 2.30. The average molecular weight is 313 g/mol. The predicted molar refractivity (Wildman–Crippen MR) is 91.0 cm³/mol. The molecule has 1 aliphatic heterocycles. The Kier molecular flexibility index (Phi) is 4.09. The number of likely N-dealkylation sites (tertiary alicyclic amines) is 1. The normalized spacial score (nSPS) is 20.7. The Morgan fingerprint density at radius 2 is 2.13 bits per heavy atom. The van der Waals surface area contributed by atoms with Crippen molar-refractivity contribution in [2.24, 2.45) is 18.2 Å². The highest BCUT2D eigenvalue weighted by molar-refractivity contribution is 5.93. The summed E-state index contributed by atoms with van der Waals surface area (Å²) in [5.74, 6) is 0.588. The maximum Gasteiger partial charge on any atom is 0.323 e. The molecule has 2 heterocycles. The van der Waals surface area contributed by atoms with Gasteiger partial charge in [0.2, 0.25) is 0 Å². The maximum atomic E-state index is 12.5. The summed E-state index contributed by atoms with van der Waals surface area (Å²) in [6, 6.07) is 9.82. The van der Waals surface area contributed by atoms with Gasteiger partial charge >= 0.3 is 6.03 Å². The molecule has 1 atom stereocenters. The lowest BCUT2D eigenvalue weighted by Gasteiger charge is -2.22. The summed E-state index contributed by atoms with van der Waals surface area (Å²) < 4.78 is 1.71. The molecule has 122 valence electrons. The number of hydrogen-bond acceptors (Lipinski definition) is 3. The van der Waals surface area contributed by atoms with Gasteiger partial charge in [0, 0.05) is 31.9 Å². The molecule has 0 spiro atoms. The second kappa shape index (κ2) is 6.04. The minimum absolute atomic E-state index is 0.0176. The van der Waals surface area contributed by atoms with Crippen LogP contribution in [0.2, 0.25) is 0 Å². The standard InChI is InChI=1S/C17H23N5O/c1-17(11-18)8-9-22(12-17)16(23)19-15-14(10-21(2)20-15)13-6-4-3-5-7-13/h3-7,10H,8-9,11-12,18H2,1-2H3,(H,19,20,23). The molecule has 3 rings (SSSR count). The van der Waals surface area contributed by atoms with Gasteiger partial charge < -0.3 is 10.6 Å². The second-order valence-electron chi connectivity index (χ2n) is 6.55. The summed E-state index contributed by atoms with van der Waals surface area (Å²) in [4.78, 5) is 14.4. The van der Waals surface area contributed by atoms with Crippen LogP contribution in [-0.4, -0.2) is 40.3 Å². The van der Waals surface area contributed by atoms with Crippen LogP contribution in [0.5, 0.6) is 0 Å². The zero-order valence-electron chi connectivity index (χ0n) is 13.6. The smallest absolute Gasteiger partial charge is 0.323 e.